The van der Waals surface area contributed by atoms with E-state index in [9.17, 15) is 43.2 Å². The van der Waals surface area contributed by atoms with E-state index in [1.807, 2.05) is 0 Å². The van der Waals surface area contributed by atoms with E-state index in [1.54, 1.807) is 0 Å². The van der Waals surface area contributed by atoms with Gasteiger partial charge >= 0.3 is 39.5 Å². The molecule has 0 saturated heterocycles. The van der Waals surface area contributed by atoms with Gasteiger partial charge in [0.1, 0.15) is 19.3 Å². The fourth-order valence-corrected chi connectivity index (χ4v) is 12.7. The minimum absolute atomic E-state index is 0.103. The third kappa shape index (κ3) is 66.7. The second-order valence-corrected chi connectivity index (χ2v) is 30.2. The Morgan fingerprint density at radius 1 is 0.293 bits per heavy atom. The van der Waals surface area contributed by atoms with Crippen molar-refractivity contribution in [3.8, 4) is 0 Å². The highest BCUT2D eigenvalue weighted by Gasteiger charge is 2.30. The summed E-state index contributed by atoms with van der Waals surface area (Å²) in [6.45, 7) is 9.44. The molecule has 0 spiro atoms. The number of aliphatic hydroxyl groups is 1. The topological polar surface area (TPSA) is 237 Å². The summed E-state index contributed by atoms with van der Waals surface area (Å²) < 4.78 is 68.3. The van der Waals surface area contributed by atoms with E-state index >= 15 is 0 Å². The predicted molar refractivity (Wildman–Crippen MR) is 372 cm³/mol. The van der Waals surface area contributed by atoms with Crippen molar-refractivity contribution in [2.45, 2.75) is 394 Å². The number of ether oxygens (including phenoxy) is 4. The number of aliphatic hydroxyl groups excluding tert-OH is 1. The molecule has 0 aliphatic heterocycles. The van der Waals surface area contributed by atoms with Gasteiger partial charge < -0.3 is 33.8 Å². The average molecular weight is 1350 g/mol. The zero-order valence-corrected chi connectivity index (χ0v) is 61.6. The van der Waals surface area contributed by atoms with Crippen molar-refractivity contribution >= 4 is 39.5 Å². The van der Waals surface area contributed by atoms with Crippen molar-refractivity contribution in [3.63, 3.8) is 0 Å². The first-order valence-electron chi connectivity index (χ1n) is 38.0. The Labute approximate surface area is 562 Å². The average Bonchev–Trinajstić information content (AvgIpc) is 1.92. The summed E-state index contributed by atoms with van der Waals surface area (Å²) >= 11 is 0. The molecule has 0 radical (unpaired) electrons. The lowest BCUT2D eigenvalue weighted by molar-refractivity contribution is -0.161. The molecule has 19 heteroatoms. The molecule has 3 N–H and O–H groups in total. The van der Waals surface area contributed by atoms with Gasteiger partial charge in [0.25, 0.3) is 0 Å². The van der Waals surface area contributed by atoms with Crippen molar-refractivity contribution in [3.05, 3.63) is 0 Å². The maximum Gasteiger partial charge on any atom is 0.472 e. The van der Waals surface area contributed by atoms with Crippen LogP contribution in [0.4, 0.5) is 0 Å². The van der Waals surface area contributed by atoms with Crippen LogP contribution in [0.5, 0.6) is 0 Å². The van der Waals surface area contributed by atoms with E-state index in [-0.39, 0.29) is 25.7 Å². The van der Waals surface area contributed by atoms with Crippen LogP contribution >= 0.6 is 15.6 Å². The van der Waals surface area contributed by atoms with Crippen molar-refractivity contribution in [2.75, 3.05) is 39.6 Å². The molecule has 0 aliphatic rings. The molecule has 0 rings (SSSR count). The number of esters is 4. The maximum absolute atomic E-state index is 13.0. The Balaban J connectivity index is 5.16. The van der Waals surface area contributed by atoms with Gasteiger partial charge in [-0.1, -0.05) is 324 Å². The minimum atomic E-state index is -4.95. The Kier molecular flexibility index (Phi) is 63.7. The van der Waals surface area contributed by atoms with Crippen LogP contribution in [0.25, 0.3) is 0 Å². The largest absolute Gasteiger partial charge is 0.472 e. The number of phosphoric ester groups is 2. The summed E-state index contributed by atoms with van der Waals surface area (Å²) in [4.78, 5) is 72.6. The Hall–Kier alpha value is -1.94. The number of carbonyl (C=O) groups is 4. The Morgan fingerprint density at radius 3 is 0.739 bits per heavy atom. The van der Waals surface area contributed by atoms with Crippen molar-refractivity contribution in [1.82, 2.24) is 0 Å². The smallest absolute Gasteiger partial charge is 0.462 e. The third-order valence-electron chi connectivity index (χ3n) is 17.0. The van der Waals surface area contributed by atoms with Gasteiger partial charge in [-0.2, -0.15) is 0 Å². The van der Waals surface area contributed by atoms with Crippen LogP contribution in [-0.2, 0) is 65.4 Å². The lowest BCUT2D eigenvalue weighted by Crippen LogP contribution is -2.30. The van der Waals surface area contributed by atoms with E-state index in [1.165, 1.54) is 186 Å². The first-order chi connectivity index (χ1) is 44.4. The van der Waals surface area contributed by atoms with Crippen LogP contribution in [0, 0.1) is 11.8 Å². The van der Waals surface area contributed by atoms with Crippen LogP contribution < -0.4 is 0 Å². The fraction of sp³-hybridized carbons (Fsp3) is 0.945. The molecule has 0 bridgehead atoms. The first-order valence-corrected chi connectivity index (χ1v) is 41.0. The van der Waals surface area contributed by atoms with E-state index in [0.29, 0.717) is 37.5 Å². The minimum Gasteiger partial charge on any atom is -0.462 e. The number of carbonyl (C=O) groups excluding carboxylic acids is 4. The summed E-state index contributed by atoms with van der Waals surface area (Å²) in [5.41, 5.74) is 0. The molecule has 92 heavy (non-hydrogen) atoms. The molecule has 0 aromatic heterocycles. The van der Waals surface area contributed by atoms with Crippen molar-refractivity contribution < 1.29 is 80.2 Å². The van der Waals surface area contributed by atoms with E-state index < -0.39 is 97.5 Å². The van der Waals surface area contributed by atoms with Gasteiger partial charge in [-0.15, -0.1) is 0 Å². The van der Waals surface area contributed by atoms with Crippen LogP contribution in [0.15, 0.2) is 0 Å². The van der Waals surface area contributed by atoms with Gasteiger partial charge in [0, 0.05) is 25.7 Å². The van der Waals surface area contributed by atoms with Crippen molar-refractivity contribution in [1.29, 1.82) is 0 Å². The third-order valence-corrected chi connectivity index (χ3v) is 18.9. The predicted octanol–water partition coefficient (Wildman–Crippen LogP) is 21.2. The molecule has 17 nitrogen and oxygen atoms in total. The Bertz CT molecular complexity index is 1790. The van der Waals surface area contributed by atoms with Gasteiger partial charge in [-0.05, 0) is 37.5 Å². The van der Waals surface area contributed by atoms with Crippen LogP contribution in [-0.4, -0.2) is 96.7 Å². The molecular weight excluding hydrogens is 1210 g/mol. The van der Waals surface area contributed by atoms with Gasteiger partial charge in [-0.3, -0.25) is 37.3 Å². The van der Waals surface area contributed by atoms with Gasteiger partial charge in [0.2, 0.25) is 0 Å². The second kappa shape index (κ2) is 65.0. The van der Waals surface area contributed by atoms with Gasteiger partial charge in [0.15, 0.2) is 12.2 Å². The van der Waals surface area contributed by atoms with Gasteiger partial charge in [-0.25, -0.2) is 9.13 Å². The molecule has 0 aliphatic carbocycles. The summed E-state index contributed by atoms with van der Waals surface area (Å²) in [5.74, 6) is -0.724. The van der Waals surface area contributed by atoms with Crippen molar-refractivity contribution in [2.24, 2.45) is 11.8 Å². The first kappa shape index (κ1) is 90.1. The highest BCUT2D eigenvalue weighted by atomic mass is 31.2. The second-order valence-electron chi connectivity index (χ2n) is 27.3. The molecule has 546 valence electrons. The molecule has 0 aromatic rings. The monoisotopic (exact) mass is 1350 g/mol. The van der Waals surface area contributed by atoms with Gasteiger partial charge in [0.05, 0.1) is 26.4 Å². The van der Waals surface area contributed by atoms with E-state index in [2.05, 4.69) is 41.5 Å². The lowest BCUT2D eigenvalue weighted by atomic mass is 10.0. The molecule has 0 heterocycles. The van der Waals surface area contributed by atoms with Crippen LogP contribution in [0.2, 0.25) is 0 Å². The summed E-state index contributed by atoms with van der Waals surface area (Å²) in [6.07, 6.45) is 51.7. The standard InChI is InChI=1S/C73H142O17P2/c1-7-9-11-13-15-17-19-20-21-22-23-24-25-26-27-28-30-32-38-45-51-57-72(77)89-68(61-83-70(75)55-49-43-37-31-29-18-16-14-12-10-8-2)63-87-91(79,80)85-59-67(74)60-86-92(81,82)88-64-69(90-73(78)58-52-46-40-34-36-42-48-54-66(5)6)62-84-71(76)56-50-44-39-33-35-41-47-53-65(3)4/h65-69,74H,7-64H2,1-6H3,(H,79,80)(H,81,82)/t67-,68-,69-/m1/s1. The molecule has 0 fully saturated rings. The zero-order valence-electron chi connectivity index (χ0n) is 59.9. The zero-order chi connectivity index (χ0) is 67.9. The maximum atomic E-state index is 13.0. The molecule has 2 unspecified atom stereocenters. The highest BCUT2D eigenvalue weighted by Crippen LogP contribution is 2.45. The van der Waals surface area contributed by atoms with Crippen LogP contribution in [0.3, 0.4) is 0 Å². The van der Waals surface area contributed by atoms with Crippen LogP contribution in [0.1, 0.15) is 375 Å². The summed E-state index contributed by atoms with van der Waals surface area (Å²) in [6, 6.07) is 0. The molecule has 0 aromatic carbocycles. The number of phosphoric acid groups is 2. The quantitative estimate of drug-likeness (QED) is 0.0222. The molecule has 5 atom stereocenters. The summed E-state index contributed by atoms with van der Waals surface area (Å²) in [7, 11) is -9.90. The highest BCUT2D eigenvalue weighted by molar-refractivity contribution is 7.47. The summed E-state index contributed by atoms with van der Waals surface area (Å²) in [5, 5.41) is 10.6. The fourth-order valence-electron chi connectivity index (χ4n) is 11.1. The number of unbranched alkanes of at least 4 members (excludes halogenated alkanes) is 42. The molecular formula is C73H142O17P2. The SMILES string of the molecule is CCCCCCCCCCCCCCCCCCCCCCCC(=O)O[C@H](COC(=O)CCCCCCCCCCCCC)COP(=O)(O)OC[C@@H](O)COP(=O)(O)OC[C@@H](COC(=O)CCCCCCCCCC(C)C)OC(=O)CCCCCCCCCC(C)C. The Morgan fingerprint density at radius 2 is 0.500 bits per heavy atom. The number of rotatable bonds is 72. The normalized spacial score (nSPS) is 14.1. The lowest BCUT2D eigenvalue weighted by Gasteiger charge is -2.21. The molecule has 0 saturated carbocycles. The number of hydrogen-bond acceptors (Lipinski definition) is 15. The number of hydrogen-bond donors (Lipinski definition) is 3. The molecule has 0 amide bonds. The van der Waals surface area contributed by atoms with E-state index in [4.69, 9.17) is 37.0 Å². The van der Waals surface area contributed by atoms with E-state index in [0.717, 1.165) is 96.3 Å².